The molecule has 0 amide bonds. The van der Waals surface area contributed by atoms with Crippen LogP contribution in [0.15, 0.2) is 24.3 Å². The van der Waals surface area contributed by atoms with Crippen LogP contribution < -0.4 is 0 Å². The van der Waals surface area contributed by atoms with Gasteiger partial charge in [-0.3, -0.25) is 15.0 Å². The summed E-state index contributed by atoms with van der Waals surface area (Å²) in [6.45, 7) is 5.34. The number of nitrogens with zero attached hydrogens (tertiary/aromatic N) is 2. The van der Waals surface area contributed by atoms with Crippen molar-refractivity contribution in [2.24, 2.45) is 0 Å². The Morgan fingerprint density at radius 3 is 2.32 bits per heavy atom. The lowest BCUT2D eigenvalue weighted by molar-refractivity contribution is -0.384. The average Bonchev–Trinajstić information content (AvgIpc) is 2.89. The first kappa shape index (κ1) is 14.0. The number of benzene rings is 1. The lowest BCUT2D eigenvalue weighted by atomic mass is 10.1. The summed E-state index contributed by atoms with van der Waals surface area (Å²) in [5.41, 5.74) is 1.33. The summed E-state index contributed by atoms with van der Waals surface area (Å²) in [4.78, 5) is 12.8. The van der Waals surface area contributed by atoms with Crippen molar-refractivity contribution in [3.63, 3.8) is 0 Å². The number of rotatable bonds is 5. The van der Waals surface area contributed by atoms with Crippen LogP contribution in [0.25, 0.3) is 0 Å². The van der Waals surface area contributed by atoms with Crippen molar-refractivity contribution < 1.29 is 4.92 Å². The smallest absolute Gasteiger partial charge is 0.269 e. The van der Waals surface area contributed by atoms with E-state index in [1.807, 2.05) is 12.1 Å². The van der Waals surface area contributed by atoms with Gasteiger partial charge in [0.2, 0.25) is 0 Å². The second kappa shape index (κ2) is 6.15. The molecule has 1 fully saturated rings. The second-order valence-electron chi connectivity index (χ2n) is 5.63. The predicted octanol–water partition coefficient (Wildman–Crippen LogP) is 3.75. The van der Waals surface area contributed by atoms with Gasteiger partial charge >= 0.3 is 0 Å². The molecule has 0 atom stereocenters. The van der Waals surface area contributed by atoms with Crippen LogP contribution in [0.2, 0.25) is 0 Å². The first-order chi connectivity index (χ1) is 9.08. The molecule has 0 spiro atoms. The van der Waals surface area contributed by atoms with Gasteiger partial charge in [0.15, 0.2) is 0 Å². The molecule has 1 aliphatic rings. The maximum atomic E-state index is 10.6. The van der Waals surface area contributed by atoms with Crippen molar-refractivity contribution in [2.45, 2.75) is 58.2 Å². The summed E-state index contributed by atoms with van der Waals surface area (Å²) in [5.74, 6) is 0. The Kier molecular flexibility index (Phi) is 4.53. The largest absolute Gasteiger partial charge is 0.294 e. The van der Waals surface area contributed by atoms with Crippen LogP contribution in [0.1, 0.15) is 45.1 Å². The zero-order valence-corrected chi connectivity index (χ0v) is 11.7. The number of nitro benzene ring substituents is 1. The highest BCUT2D eigenvalue weighted by molar-refractivity contribution is 5.32. The van der Waals surface area contributed by atoms with E-state index < -0.39 is 0 Å². The third-order valence-electron chi connectivity index (χ3n) is 3.97. The predicted molar refractivity (Wildman–Crippen MR) is 76.0 cm³/mol. The molecule has 4 heteroatoms. The summed E-state index contributed by atoms with van der Waals surface area (Å²) < 4.78 is 0. The van der Waals surface area contributed by atoms with Crippen molar-refractivity contribution in [3.05, 3.63) is 39.9 Å². The van der Waals surface area contributed by atoms with E-state index in [0.717, 1.165) is 12.1 Å². The molecule has 1 saturated carbocycles. The van der Waals surface area contributed by atoms with Gasteiger partial charge in [0.25, 0.3) is 5.69 Å². The number of hydrogen-bond donors (Lipinski definition) is 0. The molecule has 1 aliphatic carbocycles. The summed E-state index contributed by atoms with van der Waals surface area (Å²) in [7, 11) is 0. The molecule has 4 nitrogen and oxygen atoms in total. The monoisotopic (exact) mass is 262 g/mol. The highest BCUT2D eigenvalue weighted by Crippen LogP contribution is 2.27. The van der Waals surface area contributed by atoms with Crippen molar-refractivity contribution in [3.8, 4) is 0 Å². The topological polar surface area (TPSA) is 46.4 Å². The molecule has 0 heterocycles. The van der Waals surface area contributed by atoms with Crippen LogP contribution >= 0.6 is 0 Å². The molecule has 19 heavy (non-hydrogen) atoms. The minimum Gasteiger partial charge on any atom is -0.294 e. The second-order valence-corrected chi connectivity index (χ2v) is 5.63. The van der Waals surface area contributed by atoms with Crippen molar-refractivity contribution in [2.75, 3.05) is 0 Å². The summed E-state index contributed by atoms with van der Waals surface area (Å²) >= 11 is 0. The highest BCUT2D eigenvalue weighted by Gasteiger charge is 2.24. The standard InChI is InChI=1S/C15H22N2O2/c1-12(2)16(14-5-3-4-6-14)11-13-7-9-15(10-8-13)17(18)19/h7-10,12,14H,3-6,11H2,1-2H3. The van der Waals surface area contributed by atoms with Crippen LogP contribution in [0, 0.1) is 10.1 Å². The van der Waals surface area contributed by atoms with E-state index in [1.165, 1.54) is 25.7 Å². The van der Waals surface area contributed by atoms with E-state index in [-0.39, 0.29) is 10.6 Å². The van der Waals surface area contributed by atoms with Gasteiger partial charge in [-0.05, 0) is 32.3 Å². The van der Waals surface area contributed by atoms with E-state index in [1.54, 1.807) is 12.1 Å². The van der Waals surface area contributed by atoms with Gasteiger partial charge in [-0.1, -0.05) is 25.0 Å². The van der Waals surface area contributed by atoms with Crippen LogP contribution in [0.5, 0.6) is 0 Å². The fraction of sp³-hybridized carbons (Fsp3) is 0.600. The fourth-order valence-corrected chi connectivity index (χ4v) is 2.90. The molecular formula is C15H22N2O2. The molecule has 0 bridgehead atoms. The normalized spacial score (nSPS) is 16.4. The average molecular weight is 262 g/mol. The van der Waals surface area contributed by atoms with E-state index in [4.69, 9.17) is 0 Å². The number of non-ortho nitro benzene ring substituents is 1. The third kappa shape index (κ3) is 3.53. The molecule has 0 saturated heterocycles. The number of hydrogen-bond acceptors (Lipinski definition) is 3. The van der Waals surface area contributed by atoms with Crippen molar-refractivity contribution in [1.82, 2.24) is 4.90 Å². The summed E-state index contributed by atoms with van der Waals surface area (Å²) in [6.07, 6.45) is 5.22. The van der Waals surface area contributed by atoms with Gasteiger partial charge in [0.05, 0.1) is 4.92 Å². The van der Waals surface area contributed by atoms with E-state index in [9.17, 15) is 10.1 Å². The Labute approximate surface area is 114 Å². The Morgan fingerprint density at radius 1 is 1.26 bits per heavy atom. The first-order valence-electron chi connectivity index (χ1n) is 7.07. The molecular weight excluding hydrogens is 240 g/mol. The minimum atomic E-state index is -0.346. The fourth-order valence-electron chi connectivity index (χ4n) is 2.90. The van der Waals surface area contributed by atoms with Gasteiger partial charge in [-0.2, -0.15) is 0 Å². The van der Waals surface area contributed by atoms with Crippen LogP contribution in [-0.4, -0.2) is 21.9 Å². The lowest BCUT2D eigenvalue weighted by Crippen LogP contribution is -2.38. The minimum absolute atomic E-state index is 0.167. The van der Waals surface area contributed by atoms with Crippen LogP contribution in [0.4, 0.5) is 5.69 Å². The van der Waals surface area contributed by atoms with Gasteiger partial charge < -0.3 is 0 Å². The molecule has 0 aromatic heterocycles. The Bertz CT molecular complexity index is 422. The maximum absolute atomic E-state index is 10.6. The number of nitro groups is 1. The third-order valence-corrected chi connectivity index (χ3v) is 3.97. The molecule has 0 unspecified atom stereocenters. The van der Waals surface area contributed by atoms with Gasteiger partial charge in [0.1, 0.15) is 0 Å². The van der Waals surface area contributed by atoms with Crippen LogP contribution in [-0.2, 0) is 6.54 Å². The highest BCUT2D eigenvalue weighted by atomic mass is 16.6. The molecule has 2 rings (SSSR count). The molecule has 0 aliphatic heterocycles. The first-order valence-corrected chi connectivity index (χ1v) is 7.07. The zero-order valence-electron chi connectivity index (χ0n) is 11.7. The van der Waals surface area contributed by atoms with E-state index >= 15 is 0 Å². The van der Waals surface area contributed by atoms with E-state index in [2.05, 4.69) is 18.7 Å². The SMILES string of the molecule is CC(C)N(Cc1ccc([N+](=O)[O-])cc1)C1CCCC1. The molecule has 104 valence electrons. The molecule has 0 N–H and O–H groups in total. The van der Waals surface area contributed by atoms with Crippen molar-refractivity contribution in [1.29, 1.82) is 0 Å². The van der Waals surface area contributed by atoms with Gasteiger partial charge in [-0.25, -0.2) is 0 Å². The Balaban J connectivity index is 2.06. The van der Waals surface area contributed by atoms with Crippen LogP contribution in [0.3, 0.4) is 0 Å². The quantitative estimate of drug-likeness (QED) is 0.599. The molecule has 1 aromatic carbocycles. The van der Waals surface area contributed by atoms with Gasteiger partial charge in [0, 0.05) is 30.8 Å². The van der Waals surface area contributed by atoms with Gasteiger partial charge in [-0.15, -0.1) is 0 Å². The Hall–Kier alpha value is -1.42. The zero-order chi connectivity index (χ0) is 13.8. The Morgan fingerprint density at radius 2 is 1.84 bits per heavy atom. The molecule has 0 radical (unpaired) electrons. The molecule has 1 aromatic rings. The summed E-state index contributed by atoms with van der Waals surface area (Å²) in [5, 5.41) is 10.6. The lowest BCUT2D eigenvalue weighted by Gasteiger charge is -2.32. The van der Waals surface area contributed by atoms with E-state index in [0.29, 0.717) is 12.1 Å². The maximum Gasteiger partial charge on any atom is 0.269 e. The summed E-state index contributed by atoms with van der Waals surface area (Å²) in [6, 6.07) is 8.14. The van der Waals surface area contributed by atoms with Crippen molar-refractivity contribution >= 4 is 5.69 Å².